The Morgan fingerprint density at radius 2 is 1.00 bits per heavy atom. The second kappa shape index (κ2) is 6.65. The molecule has 0 aliphatic carbocycles. The Labute approximate surface area is 114 Å². The molecule has 2 aromatic rings. The first-order valence-electron chi connectivity index (χ1n) is 5.55. The molecule has 0 aromatic heterocycles. The van der Waals surface area contributed by atoms with Gasteiger partial charge in [0.05, 0.1) is 0 Å². The summed E-state index contributed by atoms with van der Waals surface area (Å²) >= 11 is 0. The fourth-order valence-electron chi connectivity index (χ4n) is 2.04. The lowest BCUT2D eigenvalue weighted by molar-refractivity contribution is 0.272. The van der Waals surface area contributed by atoms with E-state index >= 15 is 0 Å². The van der Waals surface area contributed by atoms with Crippen LogP contribution in [0.2, 0.25) is 0 Å². The van der Waals surface area contributed by atoms with Crippen LogP contribution in [-0.4, -0.2) is 33.7 Å². The van der Waals surface area contributed by atoms with Crippen LogP contribution in [0.4, 0.5) is 0 Å². The average molecular weight is 276 g/mol. The van der Waals surface area contributed by atoms with Gasteiger partial charge in [-0.05, 0) is 21.3 Å². The maximum absolute atomic E-state index is 5.78. The molecule has 0 amide bonds. The van der Waals surface area contributed by atoms with E-state index in [1.165, 1.54) is 0 Å². The van der Waals surface area contributed by atoms with Gasteiger partial charge in [-0.2, -0.15) is 0 Å². The largest absolute Gasteiger partial charge is 0.406 e. The summed E-state index contributed by atoms with van der Waals surface area (Å²) in [5.41, 5.74) is 0. The third-order valence-electron chi connectivity index (χ3n) is 2.88. The molecule has 0 heterocycles. The third-order valence-corrected chi connectivity index (χ3v) is 6.22. The van der Waals surface area contributed by atoms with Crippen molar-refractivity contribution in [3.05, 3.63) is 60.7 Å². The van der Waals surface area contributed by atoms with Crippen molar-refractivity contribution in [3.63, 3.8) is 0 Å². The minimum Gasteiger partial charge on any atom is -0.391 e. The van der Waals surface area contributed by atoms with Crippen LogP contribution >= 0.6 is 0 Å². The van der Waals surface area contributed by atoms with Crippen LogP contribution < -0.4 is 10.4 Å². The molecule has 0 saturated heterocycles. The summed E-state index contributed by atoms with van der Waals surface area (Å²) in [6.07, 6.45) is 0. The van der Waals surface area contributed by atoms with Gasteiger partial charge in [0.1, 0.15) is 0 Å². The van der Waals surface area contributed by atoms with E-state index in [2.05, 4.69) is 24.3 Å². The first-order valence-corrected chi connectivity index (χ1v) is 7.36. The molecule has 0 atom stereocenters. The molecule has 0 spiro atoms. The van der Waals surface area contributed by atoms with Gasteiger partial charge in [-0.1, -0.05) is 60.7 Å². The van der Waals surface area contributed by atoms with Crippen LogP contribution in [0.1, 0.15) is 0 Å². The summed E-state index contributed by atoms with van der Waals surface area (Å²) < 4.78 is 11.6. The second-order valence-electron chi connectivity index (χ2n) is 3.76. The molecule has 0 N–H and O–H groups in total. The standard InChI is InChI=1S/C14H16O2Si.H4Si/c1-15-17(16-2,13-9-5-3-6-10-13)14-11-7-4-8-12-14;/h3-12H,1-2H3;1H4. The molecule has 2 nitrogen and oxygen atoms in total. The Balaban J connectivity index is 0.00000162. The summed E-state index contributed by atoms with van der Waals surface area (Å²) in [6.45, 7) is 0. The quantitative estimate of drug-likeness (QED) is 0.737. The van der Waals surface area contributed by atoms with Gasteiger partial charge < -0.3 is 8.85 Å². The zero-order valence-electron chi connectivity index (χ0n) is 10.1. The number of rotatable bonds is 4. The molecule has 0 fully saturated rings. The molecule has 2 rings (SSSR count). The zero-order valence-corrected chi connectivity index (χ0v) is 11.1. The Kier molecular flexibility index (Phi) is 5.49. The molecule has 0 aliphatic heterocycles. The second-order valence-corrected chi connectivity index (χ2v) is 6.96. The lowest BCUT2D eigenvalue weighted by Gasteiger charge is -2.27. The van der Waals surface area contributed by atoms with Gasteiger partial charge >= 0.3 is 8.56 Å². The number of hydrogen-bond acceptors (Lipinski definition) is 2. The van der Waals surface area contributed by atoms with Gasteiger partial charge in [0, 0.05) is 14.2 Å². The van der Waals surface area contributed by atoms with E-state index in [9.17, 15) is 0 Å². The molecule has 0 saturated carbocycles. The van der Waals surface area contributed by atoms with Crippen molar-refractivity contribution in [1.29, 1.82) is 0 Å². The van der Waals surface area contributed by atoms with Gasteiger partial charge in [0.15, 0.2) is 0 Å². The molecule has 96 valence electrons. The SMILES string of the molecule is CO[Si](OC)(c1ccccc1)c1ccccc1.[SiH4]. The fraction of sp³-hybridized carbons (Fsp3) is 0.143. The lowest BCUT2D eigenvalue weighted by atomic mass is 10.4. The highest BCUT2D eigenvalue weighted by Crippen LogP contribution is 2.07. The van der Waals surface area contributed by atoms with Crippen molar-refractivity contribution in [3.8, 4) is 0 Å². The number of hydrogen-bond donors (Lipinski definition) is 0. The Hall–Kier alpha value is -1.21. The van der Waals surface area contributed by atoms with Gasteiger partial charge in [-0.25, -0.2) is 0 Å². The molecular weight excluding hydrogens is 256 g/mol. The maximum atomic E-state index is 5.78. The molecule has 0 radical (unpaired) electrons. The van der Waals surface area contributed by atoms with E-state index in [4.69, 9.17) is 8.85 Å². The van der Waals surface area contributed by atoms with Crippen LogP contribution in [0.25, 0.3) is 0 Å². The molecule has 2 aromatic carbocycles. The third kappa shape index (κ3) is 2.62. The summed E-state index contributed by atoms with van der Waals surface area (Å²) in [6, 6.07) is 20.3. The van der Waals surface area contributed by atoms with E-state index in [0.717, 1.165) is 10.4 Å². The molecule has 4 heteroatoms. The van der Waals surface area contributed by atoms with Crippen molar-refractivity contribution >= 4 is 29.9 Å². The van der Waals surface area contributed by atoms with Crippen molar-refractivity contribution in [1.82, 2.24) is 0 Å². The first-order chi connectivity index (χ1) is 8.33. The van der Waals surface area contributed by atoms with Gasteiger partial charge in [-0.15, -0.1) is 0 Å². The molecular formula is C14H20O2Si2. The van der Waals surface area contributed by atoms with E-state index in [1.54, 1.807) is 14.2 Å². The highest BCUT2D eigenvalue weighted by Gasteiger charge is 2.40. The maximum Gasteiger partial charge on any atom is 0.406 e. The Morgan fingerprint density at radius 3 is 1.28 bits per heavy atom. The minimum absolute atomic E-state index is 0. The van der Waals surface area contributed by atoms with Crippen LogP contribution in [0.3, 0.4) is 0 Å². The molecule has 18 heavy (non-hydrogen) atoms. The Morgan fingerprint density at radius 1 is 0.667 bits per heavy atom. The zero-order chi connectivity index (χ0) is 12.1. The highest BCUT2D eigenvalue weighted by molar-refractivity contribution is 6.92. The normalized spacial score (nSPS) is 10.8. The van der Waals surface area contributed by atoms with Crippen molar-refractivity contribution < 1.29 is 8.85 Å². The van der Waals surface area contributed by atoms with Crippen LogP contribution in [0, 0.1) is 0 Å². The fourth-order valence-corrected chi connectivity index (χ4v) is 4.74. The average Bonchev–Trinajstić information content (AvgIpc) is 2.43. The summed E-state index contributed by atoms with van der Waals surface area (Å²) in [5.74, 6) is 0. The minimum atomic E-state index is -2.50. The van der Waals surface area contributed by atoms with Gasteiger partial charge in [0.25, 0.3) is 0 Å². The predicted molar refractivity (Wildman–Crippen MR) is 83.3 cm³/mol. The van der Waals surface area contributed by atoms with Gasteiger partial charge in [0.2, 0.25) is 0 Å². The predicted octanol–water partition coefficient (Wildman–Crippen LogP) is 0.0842. The molecule has 0 bridgehead atoms. The topological polar surface area (TPSA) is 18.5 Å². The van der Waals surface area contributed by atoms with E-state index in [0.29, 0.717) is 0 Å². The smallest absolute Gasteiger partial charge is 0.391 e. The van der Waals surface area contributed by atoms with Crippen molar-refractivity contribution in [2.75, 3.05) is 14.2 Å². The Bertz CT molecular complexity index is 414. The number of benzene rings is 2. The van der Waals surface area contributed by atoms with E-state index in [1.807, 2.05) is 36.4 Å². The van der Waals surface area contributed by atoms with E-state index in [-0.39, 0.29) is 11.0 Å². The molecule has 0 unspecified atom stereocenters. The van der Waals surface area contributed by atoms with Crippen molar-refractivity contribution in [2.45, 2.75) is 0 Å². The van der Waals surface area contributed by atoms with Crippen LogP contribution in [0.5, 0.6) is 0 Å². The highest BCUT2D eigenvalue weighted by atomic mass is 28.4. The van der Waals surface area contributed by atoms with Crippen LogP contribution in [0.15, 0.2) is 60.7 Å². The summed E-state index contributed by atoms with van der Waals surface area (Å²) in [7, 11) is 0.940. The monoisotopic (exact) mass is 276 g/mol. The van der Waals surface area contributed by atoms with E-state index < -0.39 is 8.56 Å². The summed E-state index contributed by atoms with van der Waals surface area (Å²) in [4.78, 5) is 0. The lowest BCUT2D eigenvalue weighted by Crippen LogP contribution is -2.62. The van der Waals surface area contributed by atoms with Crippen molar-refractivity contribution in [2.24, 2.45) is 0 Å². The van der Waals surface area contributed by atoms with Gasteiger partial charge in [-0.3, -0.25) is 0 Å². The van der Waals surface area contributed by atoms with Crippen LogP contribution in [-0.2, 0) is 8.85 Å². The molecule has 0 aliphatic rings. The summed E-state index contributed by atoms with van der Waals surface area (Å²) in [5, 5.41) is 2.24. The first kappa shape index (κ1) is 14.9.